The van der Waals surface area contributed by atoms with Gasteiger partial charge in [0.05, 0.1) is 11.6 Å². The maximum absolute atomic E-state index is 13.2. The van der Waals surface area contributed by atoms with Crippen molar-refractivity contribution >= 4 is 23.6 Å². The SMILES string of the molecule is CCC(NC(=O)c1cc(C(=O)N2CCCC2C)c2n1CCSC2)c1ccccc1. The first-order chi connectivity index (χ1) is 14.1. The largest absolute Gasteiger partial charge is 0.344 e. The average molecular weight is 412 g/mol. The van der Waals surface area contributed by atoms with Crippen molar-refractivity contribution < 1.29 is 9.59 Å². The van der Waals surface area contributed by atoms with Gasteiger partial charge in [0.15, 0.2) is 0 Å². The van der Waals surface area contributed by atoms with Crippen molar-refractivity contribution in [3.05, 3.63) is 58.9 Å². The smallest absolute Gasteiger partial charge is 0.268 e. The van der Waals surface area contributed by atoms with E-state index >= 15 is 0 Å². The highest BCUT2D eigenvalue weighted by Gasteiger charge is 2.32. The lowest BCUT2D eigenvalue weighted by molar-refractivity contribution is 0.0746. The minimum Gasteiger partial charge on any atom is -0.344 e. The number of hydrogen-bond donors (Lipinski definition) is 1. The Bertz CT molecular complexity index is 893. The molecule has 0 radical (unpaired) electrons. The number of rotatable bonds is 5. The first kappa shape index (κ1) is 20.1. The summed E-state index contributed by atoms with van der Waals surface area (Å²) in [5.74, 6) is 1.73. The number of nitrogens with zero attached hydrogens (tertiary/aromatic N) is 2. The van der Waals surface area contributed by atoms with Crippen molar-refractivity contribution in [2.24, 2.45) is 0 Å². The first-order valence-electron chi connectivity index (χ1n) is 10.6. The Morgan fingerprint density at radius 3 is 2.72 bits per heavy atom. The molecule has 0 aliphatic carbocycles. The van der Waals surface area contributed by atoms with Gasteiger partial charge in [-0.3, -0.25) is 9.59 Å². The van der Waals surface area contributed by atoms with E-state index in [0.717, 1.165) is 55.1 Å². The van der Waals surface area contributed by atoms with Gasteiger partial charge in [-0.1, -0.05) is 37.3 Å². The van der Waals surface area contributed by atoms with Crippen LogP contribution in [0.4, 0.5) is 0 Å². The molecule has 0 bridgehead atoms. The molecule has 6 heteroatoms. The van der Waals surface area contributed by atoms with E-state index in [9.17, 15) is 9.59 Å². The van der Waals surface area contributed by atoms with Gasteiger partial charge in [0.1, 0.15) is 5.69 Å². The molecule has 5 nitrogen and oxygen atoms in total. The van der Waals surface area contributed by atoms with Crippen LogP contribution in [0.25, 0.3) is 0 Å². The van der Waals surface area contributed by atoms with E-state index in [0.29, 0.717) is 11.3 Å². The molecular weight excluding hydrogens is 382 g/mol. The predicted molar refractivity (Wildman–Crippen MR) is 117 cm³/mol. The van der Waals surface area contributed by atoms with Crippen molar-refractivity contribution in [2.75, 3.05) is 12.3 Å². The van der Waals surface area contributed by atoms with Crippen LogP contribution in [0.5, 0.6) is 0 Å². The molecule has 3 heterocycles. The summed E-state index contributed by atoms with van der Waals surface area (Å²) in [6.45, 7) is 5.77. The zero-order valence-corrected chi connectivity index (χ0v) is 18.0. The van der Waals surface area contributed by atoms with Crippen molar-refractivity contribution in [3.63, 3.8) is 0 Å². The van der Waals surface area contributed by atoms with Gasteiger partial charge in [-0.15, -0.1) is 0 Å². The second-order valence-electron chi connectivity index (χ2n) is 7.93. The van der Waals surface area contributed by atoms with E-state index in [-0.39, 0.29) is 23.9 Å². The number of fused-ring (bicyclic) bond motifs is 1. The van der Waals surface area contributed by atoms with Gasteiger partial charge in [-0.05, 0) is 37.8 Å². The van der Waals surface area contributed by atoms with Crippen LogP contribution in [0.2, 0.25) is 0 Å². The zero-order valence-electron chi connectivity index (χ0n) is 17.2. The Morgan fingerprint density at radius 2 is 2.03 bits per heavy atom. The van der Waals surface area contributed by atoms with Crippen molar-refractivity contribution in [1.29, 1.82) is 0 Å². The summed E-state index contributed by atoms with van der Waals surface area (Å²) in [5, 5.41) is 3.19. The second kappa shape index (κ2) is 8.66. The number of carbonyl (C=O) groups is 2. The van der Waals surface area contributed by atoms with Crippen LogP contribution in [-0.4, -0.2) is 39.6 Å². The van der Waals surface area contributed by atoms with Crippen LogP contribution in [0, 0.1) is 0 Å². The summed E-state index contributed by atoms with van der Waals surface area (Å²) < 4.78 is 2.07. The van der Waals surface area contributed by atoms with E-state index in [1.807, 2.05) is 53.1 Å². The van der Waals surface area contributed by atoms with E-state index in [4.69, 9.17) is 0 Å². The lowest BCUT2D eigenvalue weighted by Crippen LogP contribution is -2.34. The molecule has 1 saturated heterocycles. The van der Waals surface area contributed by atoms with E-state index in [1.54, 1.807) is 0 Å². The monoisotopic (exact) mass is 411 g/mol. The van der Waals surface area contributed by atoms with Crippen LogP contribution >= 0.6 is 11.8 Å². The fourth-order valence-electron chi connectivity index (χ4n) is 4.43. The molecule has 2 unspecified atom stereocenters. The van der Waals surface area contributed by atoms with Crippen molar-refractivity contribution in [2.45, 2.75) is 57.5 Å². The van der Waals surface area contributed by atoms with Gasteiger partial charge in [-0.25, -0.2) is 0 Å². The fraction of sp³-hybridized carbons (Fsp3) is 0.478. The summed E-state index contributed by atoms with van der Waals surface area (Å²) in [6.07, 6.45) is 2.93. The third-order valence-electron chi connectivity index (χ3n) is 6.10. The molecule has 154 valence electrons. The van der Waals surface area contributed by atoms with Crippen LogP contribution in [0.3, 0.4) is 0 Å². The Morgan fingerprint density at radius 1 is 1.24 bits per heavy atom. The molecule has 29 heavy (non-hydrogen) atoms. The lowest BCUT2D eigenvalue weighted by atomic mass is 10.0. The number of hydrogen-bond acceptors (Lipinski definition) is 3. The number of aromatic nitrogens is 1. The second-order valence-corrected chi connectivity index (χ2v) is 9.03. The minimum absolute atomic E-state index is 0.0365. The first-order valence-corrected chi connectivity index (χ1v) is 11.7. The van der Waals surface area contributed by atoms with Crippen LogP contribution < -0.4 is 5.32 Å². The number of thioether (sulfide) groups is 1. The van der Waals surface area contributed by atoms with Gasteiger partial charge in [0.2, 0.25) is 0 Å². The van der Waals surface area contributed by atoms with Crippen molar-refractivity contribution in [1.82, 2.24) is 14.8 Å². The van der Waals surface area contributed by atoms with Crippen LogP contribution in [-0.2, 0) is 12.3 Å². The summed E-state index contributed by atoms with van der Waals surface area (Å²) in [4.78, 5) is 28.4. The number of likely N-dealkylation sites (tertiary alicyclic amines) is 1. The molecule has 1 aromatic carbocycles. The summed E-state index contributed by atoms with van der Waals surface area (Å²) in [6, 6.07) is 12.1. The highest BCUT2D eigenvalue weighted by Crippen LogP contribution is 2.30. The quantitative estimate of drug-likeness (QED) is 0.801. The third kappa shape index (κ3) is 3.95. The van der Waals surface area contributed by atoms with Gasteiger partial charge in [0, 0.05) is 36.3 Å². The standard InChI is InChI=1S/C23H29N3O2S/c1-3-19(17-9-5-4-6-10-17)24-22(27)20-14-18(21-15-29-13-12-26(20)21)23(28)25-11-7-8-16(25)2/h4-6,9-10,14,16,19H,3,7-8,11-13,15H2,1-2H3,(H,24,27). The molecular formula is C23H29N3O2S. The molecule has 2 aliphatic heterocycles. The summed E-state index contributed by atoms with van der Waals surface area (Å²) in [5.41, 5.74) is 3.43. The molecule has 2 atom stereocenters. The molecule has 0 saturated carbocycles. The summed E-state index contributed by atoms with van der Waals surface area (Å²) >= 11 is 1.83. The molecule has 1 N–H and O–H groups in total. The molecule has 0 spiro atoms. The molecule has 2 amide bonds. The third-order valence-corrected chi connectivity index (χ3v) is 7.05. The van der Waals surface area contributed by atoms with E-state index in [1.165, 1.54) is 0 Å². The number of carbonyl (C=O) groups excluding carboxylic acids is 2. The molecule has 2 aromatic rings. The highest BCUT2D eigenvalue weighted by atomic mass is 32.2. The fourth-order valence-corrected chi connectivity index (χ4v) is 5.39. The molecule has 1 aromatic heterocycles. The Labute approximate surface area is 176 Å². The zero-order chi connectivity index (χ0) is 20.4. The Hall–Kier alpha value is -2.21. The van der Waals surface area contributed by atoms with Gasteiger partial charge in [0.25, 0.3) is 11.8 Å². The molecule has 1 fully saturated rings. The minimum atomic E-state index is -0.0950. The average Bonchev–Trinajstić information content (AvgIpc) is 3.36. The lowest BCUT2D eigenvalue weighted by Gasteiger charge is -2.23. The van der Waals surface area contributed by atoms with E-state index in [2.05, 4.69) is 23.7 Å². The van der Waals surface area contributed by atoms with Crippen molar-refractivity contribution in [3.8, 4) is 0 Å². The number of nitrogens with one attached hydrogen (secondary N) is 1. The molecule has 4 rings (SSSR count). The topological polar surface area (TPSA) is 54.3 Å². The Kier molecular flexibility index (Phi) is 5.99. The van der Waals surface area contributed by atoms with Crippen LogP contribution in [0.1, 0.15) is 71.3 Å². The summed E-state index contributed by atoms with van der Waals surface area (Å²) in [7, 11) is 0. The maximum Gasteiger partial charge on any atom is 0.268 e. The number of benzene rings is 1. The predicted octanol–water partition coefficient (Wildman–Crippen LogP) is 4.24. The van der Waals surface area contributed by atoms with Gasteiger partial charge in [-0.2, -0.15) is 11.8 Å². The number of amides is 2. The van der Waals surface area contributed by atoms with Gasteiger partial charge < -0.3 is 14.8 Å². The van der Waals surface area contributed by atoms with Gasteiger partial charge >= 0.3 is 0 Å². The van der Waals surface area contributed by atoms with Crippen LogP contribution in [0.15, 0.2) is 36.4 Å². The Balaban J connectivity index is 1.62. The van der Waals surface area contributed by atoms with E-state index < -0.39 is 0 Å². The maximum atomic E-state index is 13.2. The molecule has 2 aliphatic rings. The highest BCUT2D eigenvalue weighted by molar-refractivity contribution is 7.98. The normalized spacial score (nSPS) is 19.7.